The van der Waals surface area contributed by atoms with Gasteiger partial charge in [-0.05, 0) is 62.5 Å². The van der Waals surface area contributed by atoms with E-state index in [-0.39, 0.29) is 0 Å². The first kappa shape index (κ1) is 23.6. The minimum Gasteiger partial charge on any atom is -0.373 e. The molecule has 1 N–H and O–H groups in total. The Morgan fingerprint density at radius 3 is 2.25 bits per heavy atom. The highest BCUT2D eigenvalue weighted by atomic mass is 14.9. The molecular weight excluding hydrogens is 342 g/mol. The van der Waals surface area contributed by atoms with Crippen LogP contribution >= 0.6 is 0 Å². The van der Waals surface area contributed by atoms with Crippen LogP contribution in [0.3, 0.4) is 0 Å². The average molecular weight is 380 g/mol. The van der Waals surface area contributed by atoms with Crippen molar-refractivity contribution in [1.82, 2.24) is 9.97 Å². The fourth-order valence-corrected chi connectivity index (χ4v) is 3.14. The molecule has 2 heterocycles. The largest absolute Gasteiger partial charge is 0.373 e. The summed E-state index contributed by atoms with van der Waals surface area (Å²) in [7, 11) is 1.88. The third-order valence-corrected chi connectivity index (χ3v) is 4.84. The molecule has 2 rings (SSSR count). The van der Waals surface area contributed by atoms with E-state index in [0.29, 0.717) is 0 Å². The van der Waals surface area contributed by atoms with E-state index in [1.807, 2.05) is 39.4 Å². The maximum Gasteiger partial charge on any atom is 0.126 e. The molecular formula is C25H37N3. The fourth-order valence-electron chi connectivity index (χ4n) is 3.14. The van der Waals surface area contributed by atoms with Crippen LogP contribution in [0.5, 0.6) is 0 Å². The van der Waals surface area contributed by atoms with E-state index in [4.69, 9.17) is 4.98 Å². The molecule has 0 amide bonds. The molecule has 0 aromatic carbocycles. The number of nitrogens with zero attached hydrogens (tertiary/aromatic N) is 2. The molecule has 28 heavy (non-hydrogen) atoms. The van der Waals surface area contributed by atoms with Crippen LogP contribution < -0.4 is 5.32 Å². The molecule has 2 aromatic heterocycles. The van der Waals surface area contributed by atoms with Gasteiger partial charge in [0.15, 0.2) is 0 Å². The minimum atomic E-state index is 0.860. The Balaban J connectivity index is 0.00000190. The Hall–Kier alpha value is -2.42. The van der Waals surface area contributed by atoms with Gasteiger partial charge in [0, 0.05) is 30.2 Å². The van der Waals surface area contributed by atoms with Gasteiger partial charge in [-0.3, -0.25) is 4.98 Å². The van der Waals surface area contributed by atoms with Gasteiger partial charge >= 0.3 is 0 Å². The summed E-state index contributed by atoms with van der Waals surface area (Å²) in [5, 5.41) is 5.27. The number of fused-ring (bicyclic) bond motifs is 1. The lowest BCUT2D eigenvalue weighted by molar-refractivity contribution is 0.895. The molecule has 2 aromatic rings. The third kappa shape index (κ3) is 6.05. The van der Waals surface area contributed by atoms with Crippen LogP contribution in [0.4, 0.5) is 5.82 Å². The normalized spacial score (nSPS) is 13.0. The molecule has 152 valence electrons. The Kier molecular flexibility index (Phi) is 10.2. The van der Waals surface area contributed by atoms with Crippen LogP contribution in [0.15, 0.2) is 53.4 Å². The van der Waals surface area contributed by atoms with Crippen molar-refractivity contribution in [2.45, 2.75) is 67.7 Å². The zero-order valence-corrected chi connectivity index (χ0v) is 19.0. The Labute approximate surface area is 171 Å². The van der Waals surface area contributed by atoms with Crippen LogP contribution in [0, 0.1) is 0 Å². The number of nitrogens with one attached hydrogen (secondary N) is 1. The first-order valence-electron chi connectivity index (χ1n) is 10.5. The fraction of sp³-hybridized carbons (Fsp3) is 0.440. The summed E-state index contributed by atoms with van der Waals surface area (Å²) in [5.41, 5.74) is 6.36. The minimum absolute atomic E-state index is 0.860. The van der Waals surface area contributed by atoms with E-state index in [9.17, 15) is 0 Å². The van der Waals surface area contributed by atoms with Crippen LogP contribution in [-0.4, -0.2) is 17.0 Å². The second kappa shape index (κ2) is 12.1. The number of pyridine rings is 2. The highest BCUT2D eigenvalue weighted by Gasteiger charge is 2.08. The van der Waals surface area contributed by atoms with E-state index in [0.717, 1.165) is 41.5 Å². The Morgan fingerprint density at radius 2 is 1.68 bits per heavy atom. The van der Waals surface area contributed by atoms with Gasteiger partial charge in [0.05, 0.1) is 5.69 Å². The first-order chi connectivity index (χ1) is 13.5. The molecule has 0 aliphatic heterocycles. The molecule has 3 nitrogen and oxygen atoms in total. The topological polar surface area (TPSA) is 37.8 Å². The lowest BCUT2D eigenvalue weighted by atomic mass is 9.95. The number of anilines is 1. The number of aromatic nitrogens is 2. The third-order valence-electron chi connectivity index (χ3n) is 4.84. The quantitative estimate of drug-likeness (QED) is 0.504. The van der Waals surface area contributed by atoms with Gasteiger partial charge in [-0.25, -0.2) is 4.98 Å². The van der Waals surface area contributed by atoms with Crippen molar-refractivity contribution in [3.8, 4) is 0 Å². The lowest BCUT2D eigenvalue weighted by Crippen LogP contribution is -1.95. The summed E-state index contributed by atoms with van der Waals surface area (Å²) < 4.78 is 0. The first-order valence-corrected chi connectivity index (χ1v) is 10.5. The highest BCUT2D eigenvalue weighted by Crippen LogP contribution is 2.27. The Morgan fingerprint density at radius 1 is 1.04 bits per heavy atom. The standard InChI is InChI=1S/C23H31N3.C2H6/c1-7-10-18(16(4)8-2)11-17(5)21(9-3)22-12-19-15-26-23(24-6)13-20(19)14-25-22;1-2/h9,11-15H,7-8,10H2,1-6H3,(H,24,26);1-2H3/b17-11-,18-16+,21-9+;. The lowest BCUT2D eigenvalue weighted by Gasteiger charge is -2.12. The van der Waals surface area contributed by atoms with E-state index >= 15 is 0 Å². The Bertz CT molecular complexity index is 857. The average Bonchev–Trinajstić information content (AvgIpc) is 2.74. The molecule has 0 radical (unpaired) electrons. The highest BCUT2D eigenvalue weighted by molar-refractivity contribution is 5.88. The number of rotatable bonds is 7. The molecule has 0 aliphatic rings. The molecule has 0 bridgehead atoms. The van der Waals surface area contributed by atoms with Gasteiger partial charge in [0.2, 0.25) is 0 Å². The van der Waals surface area contributed by atoms with Crippen LogP contribution in [0.2, 0.25) is 0 Å². The summed E-state index contributed by atoms with van der Waals surface area (Å²) in [6.07, 6.45) is 11.7. The molecule has 3 heteroatoms. The van der Waals surface area contributed by atoms with E-state index in [1.54, 1.807) is 0 Å². The molecule has 0 fully saturated rings. The summed E-state index contributed by atoms with van der Waals surface area (Å²) >= 11 is 0. The van der Waals surface area contributed by atoms with Gasteiger partial charge < -0.3 is 5.32 Å². The van der Waals surface area contributed by atoms with Crippen LogP contribution in [0.1, 0.15) is 73.4 Å². The molecule has 0 saturated heterocycles. The van der Waals surface area contributed by atoms with Gasteiger partial charge in [0.1, 0.15) is 5.82 Å². The van der Waals surface area contributed by atoms with Gasteiger partial charge in [-0.2, -0.15) is 0 Å². The molecule has 0 atom stereocenters. The second-order valence-corrected chi connectivity index (χ2v) is 6.68. The van der Waals surface area contributed by atoms with E-state index in [2.05, 4.69) is 63.1 Å². The van der Waals surface area contributed by atoms with Crippen molar-refractivity contribution in [2.24, 2.45) is 0 Å². The summed E-state index contributed by atoms with van der Waals surface area (Å²) in [4.78, 5) is 9.14. The smallest absolute Gasteiger partial charge is 0.126 e. The van der Waals surface area contributed by atoms with Crippen molar-refractivity contribution in [3.05, 3.63) is 59.1 Å². The van der Waals surface area contributed by atoms with Crippen molar-refractivity contribution in [3.63, 3.8) is 0 Å². The van der Waals surface area contributed by atoms with Crippen molar-refractivity contribution in [1.29, 1.82) is 0 Å². The van der Waals surface area contributed by atoms with Crippen molar-refractivity contribution >= 4 is 22.2 Å². The van der Waals surface area contributed by atoms with Crippen LogP contribution in [0.25, 0.3) is 16.3 Å². The summed E-state index contributed by atoms with van der Waals surface area (Å²) in [5.74, 6) is 0.860. The molecule has 0 unspecified atom stereocenters. The zero-order chi connectivity index (χ0) is 21.1. The molecule has 0 saturated carbocycles. The molecule has 0 aliphatic carbocycles. The zero-order valence-electron chi connectivity index (χ0n) is 19.0. The van der Waals surface area contributed by atoms with Crippen molar-refractivity contribution < 1.29 is 0 Å². The summed E-state index contributed by atoms with van der Waals surface area (Å²) in [6, 6.07) is 4.15. The van der Waals surface area contributed by atoms with Gasteiger partial charge in [-0.15, -0.1) is 0 Å². The second-order valence-electron chi connectivity index (χ2n) is 6.68. The number of hydrogen-bond acceptors (Lipinski definition) is 3. The van der Waals surface area contributed by atoms with E-state index < -0.39 is 0 Å². The van der Waals surface area contributed by atoms with Crippen LogP contribution in [-0.2, 0) is 0 Å². The van der Waals surface area contributed by atoms with E-state index in [1.165, 1.54) is 22.3 Å². The van der Waals surface area contributed by atoms with Gasteiger partial charge in [0.25, 0.3) is 0 Å². The SMILES string of the molecule is CC.C\C=C(/C(C)=C\C(CCC)=C(/C)CC)c1cc2cnc(NC)cc2cn1. The maximum absolute atomic E-state index is 4.71. The van der Waals surface area contributed by atoms with Gasteiger partial charge in [-0.1, -0.05) is 51.8 Å². The maximum atomic E-state index is 4.71. The number of allylic oxidation sites excluding steroid dienone is 6. The molecule has 0 spiro atoms. The summed E-state index contributed by atoms with van der Waals surface area (Å²) in [6.45, 7) is 15.0. The predicted octanol–water partition coefficient (Wildman–Crippen LogP) is 7.57. The number of hydrogen-bond donors (Lipinski definition) is 1. The predicted molar refractivity (Wildman–Crippen MR) is 126 cm³/mol. The van der Waals surface area contributed by atoms with Crippen molar-refractivity contribution in [2.75, 3.05) is 12.4 Å². The monoisotopic (exact) mass is 379 g/mol.